The molecular formula is C19H18N4OS2. The van der Waals surface area contributed by atoms with E-state index >= 15 is 0 Å². The van der Waals surface area contributed by atoms with Gasteiger partial charge in [0.25, 0.3) is 0 Å². The SMILES string of the molecule is CC(C)(C)c1nc(CSc2ncnc3sc(-c4ccccc4)cc23)no1. The monoisotopic (exact) mass is 382 g/mol. The fourth-order valence-corrected chi connectivity index (χ4v) is 4.33. The molecule has 0 radical (unpaired) electrons. The molecule has 0 unspecified atom stereocenters. The Kier molecular flexibility index (Phi) is 4.50. The Balaban J connectivity index is 1.59. The molecule has 0 aliphatic carbocycles. The standard InChI is InChI=1S/C19H18N4OS2/c1-19(2,3)18-22-15(23-24-18)10-25-16-13-9-14(12-7-5-4-6-8-12)26-17(13)21-11-20-16/h4-9,11H,10H2,1-3H3. The third-order valence-electron chi connectivity index (χ3n) is 3.80. The summed E-state index contributed by atoms with van der Waals surface area (Å²) in [4.78, 5) is 15.6. The second-order valence-electron chi connectivity index (χ2n) is 6.93. The number of fused-ring (bicyclic) bond motifs is 1. The lowest BCUT2D eigenvalue weighted by Crippen LogP contribution is -2.11. The van der Waals surface area contributed by atoms with Gasteiger partial charge in [0, 0.05) is 15.7 Å². The number of thiophene rings is 1. The molecule has 4 rings (SSSR count). The zero-order valence-corrected chi connectivity index (χ0v) is 16.4. The summed E-state index contributed by atoms with van der Waals surface area (Å²) in [5.74, 6) is 1.95. The van der Waals surface area contributed by atoms with Crippen molar-refractivity contribution in [3.8, 4) is 10.4 Å². The molecule has 132 valence electrons. The quantitative estimate of drug-likeness (QED) is 0.351. The first-order chi connectivity index (χ1) is 12.5. The number of hydrogen-bond acceptors (Lipinski definition) is 7. The van der Waals surface area contributed by atoms with Crippen LogP contribution in [-0.2, 0) is 11.2 Å². The molecule has 0 amide bonds. The summed E-state index contributed by atoms with van der Waals surface area (Å²) in [7, 11) is 0. The van der Waals surface area contributed by atoms with Gasteiger partial charge in [0.2, 0.25) is 5.89 Å². The summed E-state index contributed by atoms with van der Waals surface area (Å²) in [6.45, 7) is 6.17. The minimum Gasteiger partial charge on any atom is -0.339 e. The molecule has 0 bridgehead atoms. The maximum Gasteiger partial charge on any atom is 0.232 e. The molecule has 26 heavy (non-hydrogen) atoms. The van der Waals surface area contributed by atoms with E-state index in [4.69, 9.17) is 4.52 Å². The van der Waals surface area contributed by atoms with Crippen molar-refractivity contribution in [1.82, 2.24) is 20.1 Å². The molecule has 1 aromatic carbocycles. The molecule has 5 nitrogen and oxygen atoms in total. The first-order valence-corrected chi connectivity index (χ1v) is 10.1. The van der Waals surface area contributed by atoms with Gasteiger partial charge in [-0.2, -0.15) is 4.98 Å². The largest absolute Gasteiger partial charge is 0.339 e. The van der Waals surface area contributed by atoms with Crippen molar-refractivity contribution in [1.29, 1.82) is 0 Å². The van der Waals surface area contributed by atoms with E-state index in [1.807, 2.05) is 18.2 Å². The van der Waals surface area contributed by atoms with Gasteiger partial charge in [-0.3, -0.25) is 0 Å². The Morgan fingerprint density at radius 1 is 1.12 bits per heavy atom. The maximum atomic E-state index is 5.36. The van der Waals surface area contributed by atoms with Crippen molar-refractivity contribution >= 4 is 33.3 Å². The number of aromatic nitrogens is 4. The summed E-state index contributed by atoms with van der Waals surface area (Å²) < 4.78 is 5.36. The molecule has 0 spiro atoms. The molecule has 0 fully saturated rings. The number of nitrogens with zero attached hydrogens (tertiary/aromatic N) is 4. The van der Waals surface area contributed by atoms with Crippen molar-refractivity contribution in [2.75, 3.05) is 0 Å². The van der Waals surface area contributed by atoms with E-state index in [0.717, 1.165) is 15.2 Å². The Morgan fingerprint density at radius 3 is 2.65 bits per heavy atom. The van der Waals surface area contributed by atoms with E-state index in [0.29, 0.717) is 17.5 Å². The fraction of sp³-hybridized carbons (Fsp3) is 0.263. The topological polar surface area (TPSA) is 64.7 Å². The second kappa shape index (κ2) is 6.81. The molecule has 3 aromatic heterocycles. The third-order valence-corrected chi connectivity index (χ3v) is 5.89. The Morgan fingerprint density at radius 2 is 1.92 bits per heavy atom. The molecule has 0 aliphatic heterocycles. The van der Waals surface area contributed by atoms with Gasteiger partial charge in [-0.1, -0.05) is 68.0 Å². The van der Waals surface area contributed by atoms with Crippen LogP contribution in [0.3, 0.4) is 0 Å². The molecule has 0 N–H and O–H groups in total. The van der Waals surface area contributed by atoms with Gasteiger partial charge in [0.15, 0.2) is 5.82 Å². The van der Waals surface area contributed by atoms with Crippen LogP contribution in [0.25, 0.3) is 20.7 Å². The molecular weight excluding hydrogens is 364 g/mol. The normalized spacial score (nSPS) is 12.0. The van der Waals surface area contributed by atoms with Gasteiger partial charge in [-0.25, -0.2) is 9.97 Å². The van der Waals surface area contributed by atoms with Crippen LogP contribution >= 0.6 is 23.1 Å². The van der Waals surface area contributed by atoms with Gasteiger partial charge in [0.05, 0.1) is 5.75 Å². The Hall–Kier alpha value is -2.25. The van der Waals surface area contributed by atoms with Crippen LogP contribution in [0.1, 0.15) is 32.5 Å². The van der Waals surface area contributed by atoms with Crippen LogP contribution in [0.4, 0.5) is 0 Å². The van der Waals surface area contributed by atoms with E-state index in [1.54, 1.807) is 29.4 Å². The van der Waals surface area contributed by atoms with E-state index in [-0.39, 0.29) is 5.41 Å². The minimum atomic E-state index is -0.143. The molecule has 3 heterocycles. The third kappa shape index (κ3) is 3.50. The minimum absolute atomic E-state index is 0.143. The van der Waals surface area contributed by atoms with Crippen LogP contribution < -0.4 is 0 Å². The zero-order valence-electron chi connectivity index (χ0n) is 14.8. The molecule has 7 heteroatoms. The van der Waals surface area contributed by atoms with E-state index in [1.165, 1.54) is 10.4 Å². The summed E-state index contributed by atoms with van der Waals surface area (Å²) >= 11 is 3.29. The smallest absolute Gasteiger partial charge is 0.232 e. The lowest BCUT2D eigenvalue weighted by molar-refractivity contribution is 0.319. The van der Waals surface area contributed by atoms with Crippen molar-refractivity contribution < 1.29 is 4.52 Å². The number of rotatable bonds is 4. The van der Waals surface area contributed by atoms with Crippen molar-refractivity contribution in [3.63, 3.8) is 0 Å². The van der Waals surface area contributed by atoms with Crippen molar-refractivity contribution in [3.05, 3.63) is 54.4 Å². The van der Waals surface area contributed by atoms with E-state index in [2.05, 4.69) is 59.1 Å². The van der Waals surface area contributed by atoms with Crippen molar-refractivity contribution in [2.24, 2.45) is 0 Å². The molecule has 0 atom stereocenters. The van der Waals surface area contributed by atoms with E-state index < -0.39 is 0 Å². The van der Waals surface area contributed by atoms with Gasteiger partial charge in [0.1, 0.15) is 16.2 Å². The van der Waals surface area contributed by atoms with Crippen LogP contribution in [0, 0.1) is 0 Å². The molecule has 0 aliphatic rings. The van der Waals surface area contributed by atoms with Crippen LogP contribution in [-0.4, -0.2) is 20.1 Å². The predicted molar refractivity (Wildman–Crippen MR) is 105 cm³/mol. The highest BCUT2D eigenvalue weighted by molar-refractivity contribution is 7.98. The average molecular weight is 383 g/mol. The Bertz CT molecular complexity index is 1030. The highest BCUT2D eigenvalue weighted by Crippen LogP contribution is 2.36. The van der Waals surface area contributed by atoms with Crippen LogP contribution in [0.5, 0.6) is 0 Å². The highest BCUT2D eigenvalue weighted by Gasteiger charge is 2.22. The van der Waals surface area contributed by atoms with Crippen LogP contribution in [0.15, 0.2) is 52.3 Å². The summed E-state index contributed by atoms with van der Waals surface area (Å²) in [5, 5.41) is 6.09. The van der Waals surface area contributed by atoms with Gasteiger partial charge < -0.3 is 4.52 Å². The number of thioether (sulfide) groups is 1. The average Bonchev–Trinajstić information content (AvgIpc) is 3.27. The first kappa shape index (κ1) is 17.2. The van der Waals surface area contributed by atoms with Gasteiger partial charge >= 0.3 is 0 Å². The number of hydrogen-bond donors (Lipinski definition) is 0. The second-order valence-corrected chi connectivity index (χ2v) is 8.92. The highest BCUT2D eigenvalue weighted by atomic mass is 32.2. The summed E-state index contributed by atoms with van der Waals surface area (Å²) in [5.41, 5.74) is 1.05. The molecule has 0 saturated carbocycles. The van der Waals surface area contributed by atoms with E-state index in [9.17, 15) is 0 Å². The summed E-state index contributed by atoms with van der Waals surface area (Å²) in [6, 6.07) is 12.5. The van der Waals surface area contributed by atoms with Crippen LogP contribution in [0.2, 0.25) is 0 Å². The lowest BCUT2D eigenvalue weighted by Gasteiger charge is -2.10. The maximum absolute atomic E-state index is 5.36. The molecule has 4 aromatic rings. The fourth-order valence-electron chi connectivity index (χ4n) is 2.44. The number of benzene rings is 1. The van der Waals surface area contributed by atoms with Gasteiger partial charge in [-0.15, -0.1) is 11.3 Å². The van der Waals surface area contributed by atoms with Gasteiger partial charge in [-0.05, 0) is 11.6 Å². The predicted octanol–water partition coefficient (Wildman–Crippen LogP) is 5.33. The zero-order chi connectivity index (χ0) is 18.1. The summed E-state index contributed by atoms with van der Waals surface area (Å²) in [6.07, 6.45) is 1.62. The van der Waals surface area contributed by atoms with Crippen molar-refractivity contribution in [2.45, 2.75) is 37.0 Å². The Labute approximate surface area is 159 Å². The first-order valence-electron chi connectivity index (χ1n) is 8.26. The molecule has 0 saturated heterocycles. The lowest BCUT2D eigenvalue weighted by atomic mass is 9.97.